The van der Waals surface area contributed by atoms with Crippen molar-refractivity contribution in [2.24, 2.45) is 0 Å². The third-order valence-corrected chi connectivity index (χ3v) is 4.54. The van der Waals surface area contributed by atoms with E-state index in [2.05, 4.69) is 6.07 Å². The Hall–Kier alpha value is -2.48. The Kier molecular flexibility index (Phi) is 2.57. The summed E-state index contributed by atoms with van der Waals surface area (Å²) in [7, 11) is 0. The van der Waals surface area contributed by atoms with Gasteiger partial charge in [0.25, 0.3) is 6.71 Å². The average molecular weight is 301 g/mol. The third-order valence-electron chi connectivity index (χ3n) is 4.54. The van der Waals surface area contributed by atoms with E-state index in [1.165, 1.54) is 0 Å². The Morgan fingerprint density at radius 3 is 2.48 bits per heavy atom. The maximum Gasteiger partial charge on any atom is 0.251 e. The van der Waals surface area contributed by atoms with Crippen LogP contribution in [-0.4, -0.2) is 6.71 Å². The predicted octanol–water partition coefficient (Wildman–Crippen LogP) is 3.23. The zero-order chi connectivity index (χ0) is 18.5. The molecule has 3 aromatic carbocycles. The molecule has 1 nitrogen and oxygen atoms in total. The maximum absolute atomic E-state index is 8.04. The molecular weight excluding hydrogens is 279 g/mol. The Bertz CT molecular complexity index is 995. The van der Waals surface area contributed by atoms with E-state index in [0.29, 0.717) is 5.56 Å². The predicted molar refractivity (Wildman–Crippen MR) is 98.3 cm³/mol. The van der Waals surface area contributed by atoms with E-state index < -0.39 is 6.85 Å². The van der Waals surface area contributed by atoms with E-state index in [1.54, 1.807) is 6.07 Å². The number of benzene rings is 3. The van der Waals surface area contributed by atoms with Gasteiger partial charge < -0.3 is 4.74 Å². The van der Waals surface area contributed by atoms with Gasteiger partial charge in [-0.1, -0.05) is 70.7 Å². The molecule has 0 radical (unpaired) electrons. The summed E-state index contributed by atoms with van der Waals surface area (Å²) in [5.41, 5.74) is 5.39. The van der Waals surface area contributed by atoms with Crippen molar-refractivity contribution in [1.82, 2.24) is 0 Å². The van der Waals surface area contributed by atoms with Crippen LogP contribution in [0.2, 0.25) is 0 Å². The van der Waals surface area contributed by atoms with Crippen LogP contribution in [0.25, 0.3) is 0 Å². The summed E-state index contributed by atoms with van der Waals surface area (Å²) in [4.78, 5) is 0. The van der Waals surface area contributed by atoms with Crippen LogP contribution < -0.4 is 21.1 Å². The molecule has 0 aromatic heterocycles. The highest BCUT2D eigenvalue weighted by Gasteiger charge is 2.33. The first-order valence-electron chi connectivity index (χ1n) is 9.33. The third kappa shape index (κ3) is 2.26. The van der Waals surface area contributed by atoms with Crippen LogP contribution in [-0.2, 0) is 0 Å². The van der Waals surface area contributed by atoms with E-state index in [4.69, 9.17) is 8.85 Å². The first-order valence-corrected chi connectivity index (χ1v) is 7.83. The fraction of sp³-hybridized carbons (Fsp3) is 0.143. The van der Waals surface area contributed by atoms with Gasteiger partial charge in [-0.2, -0.15) is 0 Å². The molecule has 0 atom stereocenters. The maximum atomic E-state index is 8.04. The van der Waals surface area contributed by atoms with E-state index in [-0.39, 0.29) is 6.71 Å². The smallest absolute Gasteiger partial charge is 0.251 e. The molecule has 0 N–H and O–H groups in total. The van der Waals surface area contributed by atoms with Gasteiger partial charge in [0.15, 0.2) is 0 Å². The Balaban J connectivity index is 2.06. The van der Waals surface area contributed by atoms with E-state index in [9.17, 15) is 0 Å². The Labute approximate surface area is 142 Å². The van der Waals surface area contributed by atoms with Gasteiger partial charge in [0.05, 0.1) is 0 Å². The fourth-order valence-corrected chi connectivity index (χ4v) is 3.46. The molecule has 0 saturated carbocycles. The first-order chi connectivity index (χ1) is 12.4. The van der Waals surface area contributed by atoms with Crippen molar-refractivity contribution >= 4 is 23.1 Å². The van der Waals surface area contributed by atoms with Crippen molar-refractivity contribution in [3.8, 4) is 11.5 Å². The molecule has 1 aliphatic rings. The van der Waals surface area contributed by atoms with E-state index >= 15 is 0 Å². The van der Waals surface area contributed by atoms with Crippen LogP contribution in [0.4, 0.5) is 0 Å². The lowest BCUT2D eigenvalue weighted by Gasteiger charge is -2.28. The lowest BCUT2D eigenvalue weighted by atomic mass is 9.34. The Morgan fingerprint density at radius 2 is 1.61 bits per heavy atom. The highest BCUT2D eigenvalue weighted by molar-refractivity contribution is 6.97. The van der Waals surface area contributed by atoms with Gasteiger partial charge in [-0.3, -0.25) is 0 Å². The second-order valence-corrected chi connectivity index (χ2v) is 6.15. The van der Waals surface area contributed by atoms with Crippen LogP contribution in [0.1, 0.15) is 20.8 Å². The minimum Gasteiger partial charge on any atom is -0.458 e. The summed E-state index contributed by atoms with van der Waals surface area (Å²) in [6.07, 6.45) is 0. The monoisotopic (exact) mass is 301 g/mol. The summed E-state index contributed by atoms with van der Waals surface area (Å²) in [6, 6.07) is 19.5. The number of ether oxygens (including phenoxy) is 1. The highest BCUT2D eigenvalue weighted by atomic mass is 16.5. The summed E-state index contributed by atoms with van der Waals surface area (Å²) in [6.45, 7) is 1.70. The number of para-hydroxylation sites is 1. The van der Waals surface area contributed by atoms with Crippen molar-refractivity contribution < 1.29 is 8.85 Å². The molecule has 0 aliphatic carbocycles. The lowest BCUT2D eigenvalue weighted by Crippen LogP contribution is -2.56. The molecule has 0 unspecified atom stereocenters. The second-order valence-electron chi connectivity index (χ2n) is 6.15. The van der Waals surface area contributed by atoms with Crippen molar-refractivity contribution in [2.75, 3.05) is 0 Å². The second kappa shape index (κ2) is 5.31. The minimum absolute atomic E-state index is 0.161. The molecular formula is C21H19BO. The van der Waals surface area contributed by atoms with Crippen molar-refractivity contribution in [3.63, 3.8) is 0 Å². The van der Waals surface area contributed by atoms with Gasteiger partial charge in [0.1, 0.15) is 11.5 Å². The minimum atomic E-state index is -2.17. The highest BCUT2D eigenvalue weighted by Crippen LogP contribution is 2.25. The quantitative estimate of drug-likeness (QED) is 0.490. The summed E-state index contributed by atoms with van der Waals surface area (Å²) < 4.78 is 30.2. The van der Waals surface area contributed by atoms with Crippen LogP contribution in [0.3, 0.4) is 0 Å². The number of fused-ring (bicyclic) bond motifs is 2. The zero-order valence-electron chi connectivity index (χ0n) is 16.3. The normalized spacial score (nSPS) is 14.9. The fourth-order valence-electron chi connectivity index (χ4n) is 3.46. The molecule has 2 heteroatoms. The average Bonchev–Trinajstić information content (AvgIpc) is 2.59. The molecule has 1 aliphatic heterocycles. The van der Waals surface area contributed by atoms with E-state index in [0.717, 1.165) is 39.0 Å². The standard InChI is InChI=1S/C21H19BO/c1-14-11-12-20-18(13-14)22(17-9-4-5-10-19(17)23-20)21-15(2)7-6-8-16(21)3/h4-13H,1-3H3/i2D3. The van der Waals surface area contributed by atoms with E-state index in [1.807, 2.05) is 62.4 Å². The van der Waals surface area contributed by atoms with Crippen LogP contribution in [0.5, 0.6) is 11.5 Å². The SMILES string of the molecule is [2H]C([2H])([2H])c1cccc(C)c1B1c2ccccc2Oc2ccc(C)cc21. The van der Waals surface area contributed by atoms with Crippen LogP contribution in [0.15, 0.2) is 60.7 Å². The first kappa shape index (κ1) is 11.1. The summed E-state index contributed by atoms with van der Waals surface area (Å²) >= 11 is 0. The molecule has 23 heavy (non-hydrogen) atoms. The van der Waals surface area contributed by atoms with Gasteiger partial charge in [-0.05, 0) is 43.8 Å². The largest absolute Gasteiger partial charge is 0.458 e. The molecule has 3 aromatic rings. The van der Waals surface area contributed by atoms with Crippen molar-refractivity contribution in [2.45, 2.75) is 20.7 Å². The zero-order valence-corrected chi connectivity index (χ0v) is 13.3. The number of aryl methyl sites for hydroxylation is 3. The molecule has 112 valence electrons. The van der Waals surface area contributed by atoms with Crippen LogP contribution >= 0.6 is 0 Å². The van der Waals surface area contributed by atoms with Crippen LogP contribution in [0, 0.1) is 20.7 Å². The molecule has 0 spiro atoms. The number of hydrogen-bond donors (Lipinski definition) is 0. The number of rotatable bonds is 1. The van der Waals surface area contributed by atoms with Crippen molar-refractivity contribution in [1.29, 1.82) is 0 Å². The van der Waals surface area contributed by atoms with Gasteiger partial charge in [-0.25, -0.2) is 0 Å². The van der Waals surface area contributed by atoms with Gasteiger partial charge in [0.2, 0.25) is 0 Å². The molecule has 0 bridgehead atoms. The molecule has 0 fully saturated rings. The molecule has 0 amide bonds. The van der Waals surface area contributed by atoms with Gasteiger partial charge in [-0.15, -0.1) is 0 Å². The summed E-state index contributed by atoms with van der Waals surface area (Å²) in [5, 5.41) is 0. The van der Waals surface area contributed by atoms with Gasteiger partial charge in [0, 0.05) is 4.11 Å². The molecule has 4 rings (SSSR count). The summed E-state index contributed by atoms with van der Waals surface area (Å²) in [5.74, 6) is 1.58. The molecule has 1 heterocycles. The number of hydrogen-bond acceptors (Lipinski definition) is 1. The van der Waals surface area contributed by atoms with Gasteiger partial charge >= 0.3 is 0 Å². The van der Waals surface area contributed by atoms with Crippen molar-refractivity contribution in [3.05, 3.63) is 77.4 Å². The lowest BCUT2D eigenvalue weighted by molar-refractivity contribution is 0.487. The Morgan fingerprint density at radius 1 is 0.826 bits per heavy atom. The topological polar surface area (TPSA) is 9.23 Å². The molecule has 0 saturated heterocycles.